The van der Waals surface area contributed by atoms with Crippen LogP contribution in [0.3, 0.4) is 0 Å². The first-order valence-electron chi connectivity index (χ1n) is 4.63. The van der Waals surface area contributed by atoms with Crippen LogP contribution in [0.25, 0.3) is 10.9 Å². The molecule has 1 aromatic heterocycles. The average Bonchev–Trinajstić information content (AvgIpc) is 2.57. The number of benzene rings is 1. The number of nitrogens with one attached hydrogen (secondary N) is 1. The molecule has 0 atom stereocenters. The smallest absolute Gasteiger partial charge is 0.144 e. The zero-order chi connectivity index (χ0) is 10.1. The molecule has 0 bridgehead atoms. The Labute approximate surface area is 96.8 Å². The molecule has 0 aliphatic rings. The molecule has 1 N–H and O–H groups in total. The lowest BCUT2D eigenvalue weighted by molar-refractivity contribution is 0.344. The first-order chi connectivity index (χ1) is 6.74. The minimum Gasteiger partial charge on any atom is -0.492 e. The first-order valence-corrected chi connectivity index (χ1v) is 5.71. The standard InChI is InChI=1S/C11H12INO/c1-3-14-10-6-13-11-7(2)9(12)5-4-8(10)11/h4-6,13H,3H2,1-2H3. The summed E-state index contributed by atoms with van der Waals surface area (Å²) in [5.41, 5.74) is 2.47. The maximum Gasteiger partial charge on any atom is 0.144 e. The highest BCUT2D eigenvalue weighted by molar-refractivity contribution is 14.1. The van der Waals surface area contributed by atoms with Crippen molar-refractivity contribution in [3.63, 3.8) is 0 Å². The number of hydrogen-bond donors (Lipinski definition) is 1. The van der Waals surface area contributed by atoms with E-state index in [0.717, 1.165) is 5.75 Å². The van der Waals surface area contributed by atoms with Crippen LogP contribution in [0, 0.1) is 10.5 Å². The van der Waals surface area contributed by atoms with Gasteiger partial charge in [-0.3, -0.25) is 0 Å². The summed E-state index contributed by atoms with van der Waals surface area (Å²) >= 11 is 2.34. The predicted octanol–water partition coefficient (Wildman–Crippen LogP) is 3.48. The second kappa shape index (κ2) is 3.81. The molecule has 14 heavy (non-hydrogen) atoms. The van der Waals surface area contributed by atoms with Crippen LogP contribution in [0.1, 0.15) is 12.5 Å². The van der Waals surface area contributed by atoms with E-state index in [-0.39, 0.29) is 0 Å². The monoisotopic (exact) mass is 301 g/mol. The molecule has 1 heterocycles. The third-order valence-corrected chi connectivity index (χ3v) is 3.48. The molecule has 0 unspecified atom stereocenters. The van der Waals surface area contributed by atoms with Gasteiger partial charge in [-0.25, -0.2) is 0 Å². The van der Waals surface area contributed by atoms with Crippen molar-refractivity contribution in [1.82, 2.24) is 4.98 Å². The molecule has 0 aliphatic heterocycles. The number of aromatic nitrogens is 1. The highest BCUT2D eigenvalue weighted by Crippen LogP contribution is 2.29. The van der Waals surface area contributed by atoms with Gasteiger partial charge in [0.05, 0.1) is 12.1 Å². The summed E-state index contributed by atoms with van der Waals surface area (Å²) in [6.07, 6.45) is 1.93. The minimum atomic E-state index is 0.706. The normalized spacial score (nSPS) is 10.8. The number of fused-ring (bicyclic) bond motifs is 1. The summed E-state index contributed by atoms with van der Waals surface area (Å²) in [5.74, 6) is 0.946. The van der Waals surface area contributed by atoms with Crippen molar-refractivity contribution in [1.29, 1.82) is 0 Å². The van der Waals surface area contributed by atoms with Gasteiger partial charge in [0.2, 0.25) is 0 Å². The number of hydrogen-bond acceptors (Lipinski definition) is 1. The lowest BCUT2D eigenvalue weighted by Crippen LogP contribution is -1.89. The molecule has 74 valence electrons. The SMILES string of the molecule is CCOc1c[nH]c2c(C)c(I)ccc12. The van der Waals surface area contributed by atoms with Gasteiger partial charge in [-0.2, -0.15) is 0 Å². The van der Waals surface area contributed by atoms with E-state index in [4.69, 9.17) is 4.74 Å². The van der Waals surface area contributed by atoms with Gasteiger partial charge >= 0.3 is 0 Å². The Kier molecular flexibility index (Phi) is 2.67. The molecular formula is C11H12INO. The lowest BCUT2D eigenvalue weighted by Gasteiger charge is -2.02. The quantitative estimate of drug-likeness (QED) is 0.844. The Balaban J connectivity index is 2.64. The number of rotatable bonds is 2. The van der Waals surface area contributed by atoms with Crippen molar-refractivity contribution in [2.75, 3.05) is 6.61 Å². The van der Waals surface area contributed by atoms with Gasteiger partial charge in [-0.1, -0.05) is 0 Å². The first kappa shape index (κ1) is 9.83. The second-order valence-corrected chi connectivity index (χ2v) is 4.34. The average molecular weight is 301 g/mol. The van der Waals surface area contributed by atoms with Crippen molar-refractivity contribution < 1.29 is 4.74 Å². The van der Waals surface area contributed by atoms with Crippen molar-refractivity contribution in [2.45, 2.75) is 13.8 Å². The summed E-state index contributed by atoms with van der Waals surface area (Å²) in [6.45, 7) is 4.83. The van der Waals surface area contributed by atoms with E-state index in [2.05, 4.69) is 46.6 Å². The van der Waals surface area contributed by atoms with Gasteiger partial charge in [0.15, 0.2) is 0 Å². The molecule has 0 spiro atoms. The maximum absolute atomic E-state index is 5.52. The molecule has 0 aliphatic carbocycles. The molecule has 3 heteroatoms. The summed E-state index contributed by atoms with van der Waals surface area (Å²) in [7, 11) is 0. The second-order valence-electron chi connectivity index (χ2n) is 3.18. The fourth-order valence-electron chi connectivity index (χ4n) is 1.57. The van der Waals surface area contributed by atoms with Crippen molar-refractivity contribution in [3.8, 4) is 5.75 Å². The fraction of sp³-hybridized carbons (Fsp3) is 0.273. The van der Waals surface area contributed by atoms with Gasteiger partial charge in [0, 0.05) is 15.2 Å². The minimum absolute atomic E-state index is 0.706. The van der Waals surface area contributed by atoms with Gasteiger partial charge in [0.1, 0.15) is 5.75 Å². The molecule has 2 rings (SSSR count). The Morgan fingerprint density at radius 2 is 2.21 bits per heavy atom. The Morgan fingerprint density at radius 1 is 1.43 bits per heavy atom. The molecular weight excluding hydrogens is 289 g/mol. The van der Waals surface area contributed by atoms with Crippen LogP contribution in [-0.2, 0) is 0 Å². The Hall–Kier alpha value is -0.710. The molecule has 2 aromatic rings. The van der Waals surface area contributed by atoms with Gasteiger partial charge in [0.25, 0.3) is 0 Å². The summed E-state index contributed by atoms with van der Waals surface area (Å²) in [4.78, 5) is 3.25. The lowest BCUT2D eigenvalue weighted by atomic mass is 10.1. The molecule has 0 amide bonds. The summed E-state index contributed by atoms with van der Waals surface area (Å²) in [5, 5.41) is 1.17. The van der Waals surface area contributed by atoms with E-state index >= 15 is 0 Å². The van der Waals surface area contributed by atoms with Crippen molar-refractivity contribution >= 4 is 33.5 Å². The molecule has 0 saturated heterocycles. The zero-order valence-electron chi connectivity index (χ0n) is 8.23. The van der Waals surface area contributed by atoms with Crippen molar-refractivity contribution in [3.05, 3.63) is 27.5 Å². The van der Waals surface area contributed by atoms with Crippen LogP contribution in [0.15, 0.2) is 18.3 Å². The Bertz CT molecular complexity index is 462. The molecule has 0 radical (unpaired) electrons. The van der Waals surface area contributed by atoms with E-state index in [1.54, 1.807) is 0 Å². The number of halogens is 1. The topological polar surface area (TPSA) is 25.0 Å². The summed E-state index contributed by atoms with van der Waals surface area (Å²) in [6, 6.07) is 4.22. The van der Waals surface area contributed by atoms with Crippen LogP contribution in [0.5, 0.6) is 5.75 Å². The highest BCUT2D eigenvalue weighted by atomic mass is 127. The highest BCUT2D eigenvalue weighted by Gasteiger charge is 2.07. The van der Waals surface area contributed by atoms with Crippen LogP contribution in [0.2, 0.25) is 0 Å². The number of aryl methyl sites for hydroxylation is 1. The van der Waals surface area contributed by atoms with Crippen LogP contribution < -0.4 is 4.74 Å². The van der Waals surface area contributed by atoms with Gasteiger partial charge < -0.3 is 9.72 Å². The van der Waals surface area contributed by atoms with E-state index in [1.807, 2.05) is 13.1 Å². The predicted molar refractivity (Wildman–Crippen MR) is 66.9 cm³/mol. The third kappa shape index (κ3) is 1.49. The molecule has 0 fully saturated rings. The number of H-pyrrole nitrogens is 1. The van der Waals surface area contributed by atoms with Crippen molar-refractivity contribution in [2.24, 2.45) is 0 Å². The molecule has 0 saturated carbocycles. The van der Waals surface area contributed by atoms with E-state index in [1.165, 1.54) is 20.0 Å². The summed E-state index contributed by atoms with van der Waals surface area (Å²) < 4.78 is 6.80. The van der Waals surface area contributed by atoms with E-state index in [0.29, 0.717) is 6.61 Å². The van der Waals surface area contributed by atoms with E-state index in [9.17, 15) is 0 Å². The van der Waals surface area contributed by atoms with Crippen LogP contribution in [-0.4, -0.2) is 11.6 Å². The Morgan fingerprint density at radius 3 is 2.93 bits per heavy atom. The molecule has 2 nitrogen and oxygen atoms in total. The van der Waals surface area contributed by atoms with E-state index < -0.39 is 0 Å². The fourth-order valence-corrected chi connectivity index (χ4v) is 2.02. The van der Waals surface area contributed by atoms with Crippen LogP contribution >= 0.6 is 22.6 Å². The third-order valence-electron chi connectivity index (χ3n) is 2.31. The largest absolute Gasteiger partial charge is 0.492 e. The van der Waals surface area contributed by atoms with Gasteiger partial charge in [-0.05, 0) is 54.1 Å². The maximum atomic E-state index is 5.52. The number of ether oxygens (including phenoxy) is 1. The zero-order valence-corrected chi connectivity index (χ0v) is 10.4. The number of aromatic amines is 1. The van der Waals surface area contributed by atoms with Crippen LogP contribution in [0.4, 0.5) is 0 Å². The molecule has 1 aromatic carbocycles. The van der Waals surface area contributed by atoms with Gasteiger partial charge in [-0.15, -0.1) is 0 Å².